The van der Waals surface area contributed by atoms with Crippen LogP contribution in [0.5, 0.6) is 46.0 Å². The number of fused-ring (bicyclic) bond motifs is 1. The third-order valence-corrected chi connectivity index (χ3v) is 6.96. The van der Waals surface area contributed by atoms with Crippen molar-refractivity contribution in [3.63, 3.8) is 0 Å². The zero-order valence-corrected chi connectivity index (χ0v) is 30.3. The fraction of sp³-hybridized carbons (Fsp3) is 0.350. The van der Waals surface area contributed by atoms with Crippen LogP contribution in [0.25, 0.3) is 0 Å². The van der Waals surface area contributed by atoms with Gasteiger partial charge in [-0.25, -0.2) is 4.79 Å². The molecule has 0 saturated heterocycles. The molecule has 308 valence electrons. The van der Waals surface area contributed by atoms with Crippen molar-refractivity contribution in [1.29, 1.82) is 0 Å². The van der Waals surface area contributed by atoms with Crippen molar-refractivity contribution in [1.82, 2.24) is 0 Å². The number of ether oxygens (including phenoxy) is 9. The van der Waals surface area contributed by atoms with Gasteiger partial charge in [0.05, 0.1) is 5.56 Å². The summed E-state index contributed by atoms with van der Waals surface area (Å²) >= 11 is 0. The van der Waals surface area contributed by atoms with E-state index in [4.69, 9.17) is 42.6 Å². The molecule has 0 spiro atoms. The van der Waals surface area contributed by atoms with Gasteiger partial charge >= 0.3 is 47.8 Å². The number of hydrogen-bond donors (Lipinski definition) is 0. The predicted molar refractivity (Wildman–Crippen MR) is 200 cm³/mol. The Morgan fingerprint density at radius 3 is 1.26 bits per heavy atom. The molecule has 0 unspecified atom stereocenters. The van der Waals surface area contributed by atoms with Gasteiger partial charge in [-0.1, -0.05) is 22.3 Å². The topological polar surface area (TPSA) is 220 Å². The molecule has 4 rings (SSSR count). The Balaban J connectivity index is 0.00000541. The van der Waals surface area contributed by atoms with Gasteiger partial charge in [-0.3, -0.25) is 33.6 Å². The molecule has 0 amide bonds. The van der Waals surface area contributed by atoms with E-state index in [-0.39, 0.29) is 62.8 Å². The molecule has 3 aromatic carbocycles. The molecule has 17 heteroatoms. The van der Waals surface area contributed by atoms with Gasteiger partial charge in [0, 0.05) is 66.0 Å². The first-order chi connectivity index (χ1) is 25.3. The third-order valence-electron chi connectivity index (χ3n) is 6.96. The SMILES string of the molecule is C.C.C.CC(=O)Oc1cc(C)cc2c1C[C@@H](OC(=O)c1cc(OC(C)=O)c(OC(C)=O)c(OC(C)=O)c1)[C@@H](c1cc(OC(C)=O)c(OC(C)=O)c(OC(C)=O)c1)O2. The maximum atomic E-state index is 14.0. The number of benzene rings is 3. The number of carbonyl (C=O) groups is 8. The summed E-state index contributed by atoms with van der Waals surface area (Å²) in [6.45, 7) is 9.25. The first kappa shape index (κ1) is 48.2. The second-order valence-electron chi connectivity index (χ2n) is 11.7. The number of rotatable bonds is 10. The molecule has 57 heavy (non-hydrogen) atoms. The van der Waals surface area contributed by atoms with Crippen LogP contribution < -0.4 is 37.9 Å². The van der Waals surface area contributed by atoms with Crippen molar-refractivity contribution in [2.75, 3.05) is 0 Å². The van der Waals surface area contributed by atoms with Crippen LogP contribution in [0, 0.1) is 6.92 Å². The van der Waals surface area contributed by atoms with Gasteiger partial charge in [0.2, 0.25) is 11.5 Å². The van der Waals surface area contributed by atoms with Crippen molar-refractivity contribution in [2.24, 2.45) is 0 Å². The molecule has 0 radical (unpaired) electrons. The molecular formula is C40H46O17. The number of esters is 8. The fourth-order valence-electron chi connectivity index (χ4n) is 5.28. The molecule has 17 nitrogen and oxygen atoms in total. The standard InChI is InChI=1S/C37H34O17.3CH4/c1-16-9-27(46-17(2)38)26-15-33(54-37(45)25-13-31(49-20(5)41)36(52-23(8)44)32(14-25)50-21(6)42)34(53-28(26)10-16)24-11-29(47-18(3)39)35(51-22(7)43)30(12-24)48-19(4)40;;;/h9-14,33-34H,15H2,1-8H3;3*1H4/t33-,34-;;;/m1.../s1. The molecule has 2 atom stereocenters. The van der Waals surface area contributed by atoms with Crippen molar-refractivity contribution >= 4 is 47.8 Å². The molecule has 1 aliphatic rings. The lowest BCUT2D eigenvalue weighted by Crippen LogP contribution is -2.35. The van der Waals surface area contributed by atoms with Crippen molar-refractivity contribution in [3.8, 4) is 46.0 Å². The van der Waals surface area contributed by atoms with E-state index >= 15 is 0 Å². The van der Waals surface area contributed by atoms with Gasteiger partial charge in [-0.05, 0) is 48.9 Å². The van der Waals surface area contributed by atoms with Crippen LogP contribution in [0.15, 0.2) is 36.4 Å². The molecule has 0 aliphatic carbocycles. The minimum Gasteiger partial charge on any atom is -0.481 e. The molecule has 0 saturated carbocycles. The zero-order valence-electron chi connectivity index (χ0n) is 30.3. The van der Waals surface area contributed by atoms with Crippen molar-refractivity contribution < 1.29 is 81.0 Å². The lowest BCUT2D eigenvalue weighted by Gasteiger charge is -2.34. The smallest absolute Gasteiger partial charge is 0.338 e. The highest BCUT2D eigenvalue weighted by molar-refractivity contribution is 5.92. The van der Waals surface area contributed by atoms with E-state index in [1.54, 1.807) is 19.1 Å². The van der Waals surface area contributed by atoms with E-state index < -0.39 is 83.0 Å². The molecular weight excluding hydrogens is 752 g/mol. The van der Waals surface area contributed by atoms with E-state index in [1.165, 1.54) is 19.1 Å². The Morgan fingerprint density at radius 2 is 0.877 bits per heavy atom. The van der Waals surface area contributed by atoms with Crippen LogP contribution in [0.2, 0.25) is 0 Å². The molecule has 1 aliphatic heterocycles. The van der Waals surface area contributed by atoms with Gasteiger partial charge in [-0.15, -0.1) is 0 Å². The van der Waals surface area contributed by atoms with E-state index in [0.29, 0.717) is 11.1 Å². The normalized spacial score (nSPS) is 13.5. The number of hydrogen-bond acceptors (Lipinski definition) is 17. The summed E-state index contributed by atoms with van der Waals surface area (Å²) in [5.74, 6) is -9.09. The summed E-state index contributed by atoms with van der Waals surface area (Å²) in [7, 11) is 0. The third kappa shape index (κ3) is 12.6. The monoisotopic (exact) mass is 798 g/mol. The first-order valence-electron chi connectivity index (χ1n) is 16.0. The van der Waals surface area contributed by atoms with E-state index in [2.05, 4.69) is 0 Å². The van der Waals surface area contributed by atoms with Crippen LogP contribution in [0.4, 0.5) is 0 Å². The average molecular weight is 799 g/mol. The second-order valence-corrected chi connectivity index (χ2v) is 11.7. The largest absolute Gasteiger partial charge is 0.481 e. The molecule has 0 bridgehead atoms. The summed E-state index contributed by atoms with van der Waals surface area (Å²) < 4.78 is 49.1. The van der Waals surface area contributed by atoms with Crippen molar-refractivity contribution in [3.05, 3.63) is 58.7 Å². The number of carbonyl (C=O) groups excluding carboxylic acids is 8. The molecule has 0 aromatic heterocycles. The zero-order chi connectivity index (χ0) is 40.0. The molecule has 1 heterocycles. The van der Waals surface area contributed by atoms with E-state index in [0.717, 1.165) is 53.7 Å². The minimum atomic E-state index is -1.33. The average Bonchev–Trinajstić information content (AvgIpc) is 3.02. The molecule has 3 aromatic rings. The van der Waals surface area contributed by atoms with E-state index in [1.807, 2.05) is 0 Å². The second kappa shape index (κ2) is 20.2. The Kier molecular flexibility index (Phi) is 17.1. The highest BCUT2D eigenvalue weighted by Crippen LogP contribution is 2.47. The predicted octanol–water partition coefficient (Wildman–Crippen LogP) is 6.28. The Hall–Kier alpha value is -6.78. The van der Waals surface area contributed by atoms with Gasteiger partial charge < -0.3 is 42.6 Å². The van der Waals surface area contributed by atoms with Gasteiger partial charge in [0.1, 0.15) is 17.6 Å². The Labute approximate surface area is 329 Å². The lowest BCUT2D eigenvalue weighted by atomic mass is 9.92. The first-order valence-corrected chi connectivity index (χ1v) is 16.0. The minimum absolute atomic E-state index is 0. The van der Waals surface area contributed by atoms with Crippen LogP contribution >= 0.6 is 0 Å². The maximum absolute atomic E-state index is 14.0. The van der Waals surface area contributed by atoms with Crippen LogP contribution in [0.1, 0.15) is 104 Å². The lowest BCUT2D eigenvalue weighted by molar-refractivity contribution is -0.135. The summed E-state index contributed by atoms with van der Waals surface area (Å²) in [4.78, 5) is 98.1. The van der Waals surface area contributed by atoms with E-state index in [9.17, 15) is 38.4 Å². The maximum Gasteiger partial charge on any atom is 0.338 e. The van der Waals surface area contributed by atoms with Crippen LogP contribution in [-0.4, -0.2) is 53.9 Å². The van der Waals surface area contributed by atoms with Gasteiger partial charge in [0.25, 0.3) is 0 Å². The molecule has 0 fully saturated rings. The fourth-order valence-corrected chi connectivity index (χ4v) is 5.28. The summed E-state index contributed by atoms with van der Waals surface area (Å²) in [5, 5.41) is 0. The Bertz CT molecular complexity index is 2010. The van der Waals surface area contributed by atoms with Gasteiger partial charge in [0.15, 0.2) is 29.1 Å². The van der Waals surface area contributed by atoms with Crippen LogP contribution in [-0.2, 0) is 44.7 Å². The molecule has 0 N–H and O–H groups in total. The summed E-state index contributed by atoms with van der Waals surface area (Å²) in [5.41, 5.74) is 0.671. The van der Waals surface area contributed by atoms with Crippen molar-refractivity contribution in [2.45, 2.75) is 96.3 Å². The van der Waals surface area contributed by atoms with Crippen LogP contribution in [0.3, 0.4) is 0 Å². The highest BCUT2D eigenvalue weighted by atomic mass is 16.6. The quantitative estimate of drug-likeness (QED) is 0.163. The Morgan fingerprint density at radius 1 is 0.509 bits per heavy atom. The summed E-state index contributed by atoms with van der Waals surface area (Å²) in [6, 6.07) is 7.72. The summed E-state index contributed by atoms with van der Waals surface area (Å²) in [6.07, 6.45) is -2.81. The number of aryl methyl sites for hydroxylation is 1. The highest BCUT2D eigenvalue weighted by Gasteiger charge is 2.39. The van der Waals surface area contributed by atoms with Gasteiger partial charge in [-0.2, -0.15) is 0 Å².